The van der Waals surface area contributed by atoms with Crippen molar-refractivity contribution in [2.75, 3.05) is 44.3 Å². The van der Waals surface area contributed by atoms with Gasteiger partial charge in [-0.1, -0.05) is 38.1 Å². The fraction of sp³-hybridized carbons (Fsp3) is 0.500. The van der Waals surface area contributed by atoms with Crippen LogP contribution in [0.3, 0.4) is 0 Å². The highest BCUT2D eigenvalue weighted by molar-refractivity contribution is 9.10. The van der Waals surface area contributed by atoms with Gasteiger partial charge in [0.15, 0.2) is 0 Å². The highest BCUT2D eigenvalue weighted by Gasteiger charge is 2.30. The summed E-state index contributed by atoms with van der Waals surface area (Å²) in [6, 6.07) is 14.7. The van der Waals surface area contributed by atoms with Crippen molar-refractivity contribution in [3.8, 4) is 0 Å². The van der Waals surface area contributed by atoms with Gasteiger partial charge >= 0.3 is 5.97 Å². The summed E-state index contributed by atoms with van der Waals surface area (Å²) in [5, 5.41) is 9.25. The van der Waals surface area contributed by atoms with Gasteiger partial charge in [-0.2, -0.15) is 0 Å². The molecule has 0 bridgehead atoms. The van der Waals surface area contributed by atoms with E-state index in [0.717, 1.165) is 57.9 Å². The van der Waals surface area contributed by atoms with E-state index in [-0.39, 0.29) is 0 Å². The predicted molar refractivity (Wildman–Crippen MR) is 132 cm³/mol. The smallest absolute Gasteiger partial charge is 0.336 e. The zero-order valence-corrected chi connectivity index (χ0v) is 20.6. The van der Waals surface area contributed by atoms with Crippen molar-refractivity contribution in [1.29, 1.82) is 0 Å². The summed E-state index contributed by atoms with van der Waals surface area (Å²) in [5.74, 6) is 0.270. The molecule has 1 N–H and O–H groups in total. The Balaban J connectivity index is 1.40. The molecule has 5 nitrogen and oxygen atoms in total. The molecule has 0 spiro atoms. The molecule has 0 amide bonds. The van der Waals surface area contributed by atoms with Crippen LogP contribution < -0.4 is 4.90 Å². The summed E-state index contributed by atoms with van der Waals surface area (Å²) in [6.07, 6.45) is 2.29. The number of rotatable bonds is 6. The molecule has 2 fully saturated rings. The highest BCUT2D eigenvalue weighted by atomic mass is 79.9. The van der Waals surface area contributed by atoms with Gasteiger partial charge in [-0.05, 0) is 69.9 Å². The normalized spacial score (nSPS) is 20.6. The molecule has 2 aliphatic rings. The molecule has 2 aliphatic heterocycles. The molecule has 32 heavy (non-hydrogen) atoms. The third-order valence-corrected chi connectivity index (χ3v) is 7.53. The fourth-order valence-electron chi connectivity index (χ4n) is 5.06. The Bertz CT molecular complexity index is 940. The molecular weight excluding hydrogens is 468 g/mol. The van der Waals surface area contributed by atoms with E-state index in [1.807, 2.05) is 12.1 Å². The number of ether oxygens (including phenoxy) is 1. The van der Waals surface area contributed by atoms with Crippen LogP contribution in [0.1, 0.15) is 60.1 Å². The third-order valence-electron chi connectivity index (χ3n) is 6.87. The van der Waals surface area contributed by atoms with Crippen LogP contribution in [0.5, 0.6) is 0 Å². The van der Waals surface area contributed by atoms with Gasteiger partial charge in [0.25, 0.3) is 0 Å². The number of carboxylic acid groups (broad SMARTS) is 1. The van der Waals surface area contributed by atoms with Crippen LogP contribution in [0.2, 0.25) is 0 Å². The van der Waals surface area contributed by atoms with E-state index >= 15 is 0 Å². The second-order valence-corrected chi connectivity index (χ2v) is 10.1. The summed E-state index contributed by atoms with van der Waals surface area (Å²) in [6.45, 7) is 10.2. The Morgan fingerprint density at radius 1 is 1.16 bits per heavy atom. The van der Waals surface area contributed by atoms with E-state index in [1.165, 1.54) is 11.1 Å². The van der Waals surface area contributed by atoms with Crippen molar-refractivity contribution < 1.29 is 14.6 Å². The van der Waals surface area contributed by atoms with Crippen molar-refractivity contribution >= 4 is 27.6 Å². The molecule has 0 saturated carbocycles. The molecule has 6 heteroatoms. The molecule has 172 valence electrons. The minimum Gasteiger partial charge on any atom is -0.478 e. The Labute approximate surface area is 199 Å². The first-order valence-corrected chi connectivity index (χ1v) is 12.4. The first-order chi connectivity index (χ1) is 15.4. The number of morpholine rings is 1. The van der Waals surface area contributed by atoms with Gasteiger partial charge in [-0.25, -0.2) is 4.79 Å². The SMILES string of the molecule is CC(C)c1ccccc1[C@@H]1COCCN1CC1CCN(c2ccc(C(=O)O)c(Br)c2)CC1. The van der Waals surface area contributed by atoms with Crippen molar-refractivity contribution in [3.63, 3.8) is 0 Å². The maximum Gasteiger partial charge on any atom is 0.336 e. The summed E-state index contributed by atoms with van der Waals surface area (Å²) in [7, 11) is 0. The average molecular weight is 501 g/mol. The molecule has 0 unspecified atom stereocenters. The molecule has 0 aliphatic carbocycles. The number of benzene rings is 2. The van der Waals surface area contributed by atoms with Crippen molar-refractivity contribution in [1.82, 2.24) is 4.90 Å². The van der Waals surface area contributed by atoms with E-state index in [4.69, 9.17) is 4.74 Å². The molecule has 2 saturated heterocycles. The lowest BCUT2D eigenvalue weighted by atomic mass is 9.90. The van der Waals surface area contributed by atoms with Crippen LogP contribution in [0.15, 0.2) is 46.9 Å². The number of carbonyl (C=O) groups is 1. The first-order valence-electron chi connectivity index (χ1n) is 11.6. The van der Waals surface area contributed by atoms with E-state index in [0.29, 0.717) is 27.9 Å². The van der Waals surface area contributed by atoms with Gasteiger partial charge in [0, 0.05) is 36.3 Å². The van der Waals surface area contributed by atoms with E-state index in [9.17, 15) is 9.90 Å². The Hall–Kier alpha value is -1.89. The summed E-state index contributed by atoms with van der Waals surface area (Å²) in [4.78, 5) is 16.3. The largest absolute Gasteiger partial charge is 0.478 e. The Morgan fingerprint density at radius 3 is 2.59 bits per heavy atom. The molecule has 0 aromatic heterocycles. The molecule has 1 atom stereocenters. The van der Waals surface area contributed by atoms with Crippen LogP contribution in [-0.2, 0) is 4.74 Å². The van der Waals surface area contributed by atoms with Crippen LogP contribution in [-0.4, -0.2) is 55.4 Å². The molecule has 2 aromatic rings. The number of halogens is 1. The molecule has 2 aromatic carbocycles. The topological polar surface area (TPSA) is 53.0 Å². The van der Waals surface area contributed by atoms with E-state index in [1.54, 1.807) is 6.07 Å². The molecular formula is C26H33BrN2O3. The van der Waals surface area contributed by atoms with Crippen LogP contribution in [0.25, 0.3) is 0 Å². The van der Waals surface area contributed by atoms with Gasteiger partial charge in [-0.15, -0.1) is 0 Å². The first kappa shape index (κ1) is 23.3. The molecule has 4 rings (SSSR count). The third kappa shape index (κ3) is 5.19. The van der Waals surface area contributed by atoms with Crippen LogP contribution in [0, 0.1) is 5.92 Å². The summed E-state index contributed by atoms with van der Waals surface area (Å²) < 4.78 is 6.55. The van der Waals surface area contributed by atoms with Gasteiger partial charge < -0.3 is 14.7 Å². The van der Waals surface area contributed by atoms with Crippen LogP contribution in [0.4, 0.5) is 5.69 Å². The number of nitrogens with zero attached hydrogens (tertiary/aromatic N) is 2. The second-order valence-electron chi connectivity index (χ2n) is 9.27. The second kappa shape index (κ2) is 10.4. The average Bonchev–Trinajstić information content (AvgIpc) is 2.79. The van der Waals surface area contributed by atoms with Crippen molar-refractivity contribution in [3.05, 3.63) is 63.6 Å². The molecule has 2 heterocycles. The Kier molecular flexibility index (Phi) is 7.54. The number of carboxylic acids is 1. The van der Waals surface area contributed by atoms with Crippen LogP contribution >= 0.6 is 15.9 Å². The minimum atomic E-state index is -0.902. The number of hydrogen-bond donors (Lipinski definition) is 1. The fourth-order valence-corrected chi connectivity index (χ4v) is 5.60. The van der Waals surface area contributed by atoms with Gasteiger partial charge in [-0.3, -0.25) is 4.90 Å². The van der Waals surface area contributed by atoms with E-state index in [2.05, 4.69) is 63.8 Å². The maximum absolute atomic E-state index is 11.3. The summed E-state index contributed by atoms with van der Waals surface area (Å²) in [5.41, 5.74) is 4.25. The van der Waals surface area contributed by atoms with E-state index < -0.39 is 5.97 Å². The number of anilines is 1. The van der Waals surface area contributed by atoms with Gasteiger partial charge in [0.2, 0.25) is 0 Å². The maximum atomic E-state index is 11.3. The number of piperidine rings is 1. The van der Waals surface area contributed by atoms with Gasteiger partial charge in [0.05, 0.1) is 24.8 Å². The van der Waals surface area contributed by atoms with Crippen molar-refractivity contribution in [2.24, 2.45) is 5.92 Å². The van der Waals surface area contributed by atoms with Crippen molar-refractivity contribution in [2.45, 2.75) is 38.6 Å². The minimum absolute atomic E-state index is 0.309. The zero-order chi connectivity index (χ0) is 22.7. The molecule has 0 radical (unpaired) electrons. The standard InChI is InChI=1S/C26H33BrN2O3/c1-18(2)21-5-3-4-6-22(21)25-17-32-14-13-29(25)16-19-9-11-28(12-10-19)20-7-8-23(26(30)31)24(27)15-20/h3-8,15,18-19,25H,9-14,16-17H2,1-2H3,(H,30,31)/t25-/m0/s1. The number of hydrogen-bond acceptors (Lipinski definition) is 4. The summed E-state index contributed by atoms with van der Waals surface area (Å²) >= 11 is 3.41. The Morgan fingerprint density at radius 2 is 1.91 bits per heavy atom. The zero-order valence-electron chi connectivity index (χ0n) is 19.0. The number of aromatic carboxylic acids is 1. The lowest BCUT2D eigenvalue weighted by Crippen LogP contribution is -2.45. The lowest BCUT2D eigenvalue weighted by molar-refractivity contribution is -0.0172. The quantitative estimate of drug-likeness (QED) is 0.562. The van der Waals surface area contributed by atoms with Gasteiger partial charge in [0.1, 0.15) is 0 Å². The predicted octanol–water partition coefficient (Wildman–Crippen LogP) is 5.56. The monoisotopic (exact) mass is 500 g/mol. The lowest BCUT2D eigenvalue weighted by Gasteiger charge is -2.41. The highest BCUT2D eigenvalue weighted by Crippen LogP contribution is 2.33.